The van der Waals surface area contributed by atoms with Crippen LogP contribution in [0.5, 0.6) is 0 Å². The largest absolute Gasteiger partial charge is 0.463 e. The van der Waals surface area contributed by atoms with E-state index >= 15 is 0 Å². The smallest absolute Gasteiger partial charge is 0.338 e. The van der Waals surface area contributed by atoms with Crippen molar-refractivity contribution in [1.82, 2.24) is 10.6 Å². The van der Waals surface area contributed by atoms with E-state index in [2.05, 4.69) is 10.6 Å². The number of carbonyl (C=O) groups excluding carboxylic acids is 1. The molecule has 0 amide bonds. The number of carbonyl (C=O) groups is 1. The SMILES string of the molecule is CCOC(=O)C1=C(c2ccccc2)NC(=S)N[C@H]1C. The van der Waals surface area contributed by atoms with Gasteiger partial charge in [-0.05, 0) is 31.6 Å². The third-order valence-electron chi connectivity index (χ3n) is 2.85. The lowest BCUT2D eigenvalue weighted by molar-refractivity contribution is -0.138. The van der Waals surface area contributed by atoms with Crippen LogP contribution in [0.4, 0.5) is 0 Å². The van der Waals surface area contributed by atoms with E-state index in [1.807, 2.05) is 37.3 Å². The zero-order valence-corrected chi connectivity index (χ0v) is 11.7. The van der Waals surface area contributed by atoms with Gasteiger partial charge in [0, 0.05) is 0 Å². The Labute approximate surface area is 117 Å². The van der Waals surface area contributed by atoms with E-state index in [0.29, 0.717) is 17.3 Å². The lowest BCUT2D eigenvalue weighted by atomic mass is 9.99. The molecule has 0 fully saturated rings. The molecular weight excluding hydrogens is 260 g/mol. The van der Waals surface area contributed by atoms with Gasteiger partial charge in [-0.15, -0.1) is 0 Å². The van der Waals surface area contributed by atoms with Crippen LogP contribution in [0.3, 0.4) is 0 Å². The molecule has 1 aliphatic heterocycles. The summed E-state index contributed by atoms with van der Waals surface area (Å²) in [7, 11) is 0. The molecule has 19 heavy (non-hydrogen) atoms. The quantitative estimate of drug-likeness (QED) is 0.651. The molecule has 0 spiro atoms. The summed E-state index contributed by atoms with van der Waals surface area (Å²) in [6.45, 7) is 4.03. The summed E-state index contributed by atoms with van der Waals surface area (Å²) >= 11 is 5.16. The van der Waals surface area contributed by atoms with E-state index in [0.717, 1.165) is 11.3 Å². The van der Waals surface area contributed by atoms with E-state index in [9.17, 15) is 4.79 Å². The zero-order valence-electron chi connectivity index (χ0n) is 10.9. The van der Waals surface area contributed by atoms with Gasteiger partial charge in [0.25, 0.3) is 0 Å². The maximum Gasteiger partial charge on any atom is 0.338 e. The Kier molecular flexibility index (Phi) is 4.16. The minimum absolute atomic E-state index is 0.178. The van der Waals surface area contributed by atoms with Crippen LogP contribution in [-0.4, -0.2) is 23.7 Å². The summed E-state index contributed by atoms with van der Waals surface area (Å²) in [4.78, 5) is 12.1. The van der Waals surface area contributed by atoms with Gasteiger partial charge >= 0.3 is 5.97 Å². The van der Waals surface area contributed by atoms with Gasteiger partial charge in [-0.3, -0.25) is 0 Å². The van der Waals surface area contributed by atoms with Crippen LogP contribution < -0.4 is 10.6 Å². The second-order valence-electron chi connectivity index (χ2n) is 4.20. The molecule has 0 saturated carbocycles. The lowest BCUT2D eigenvalue weighted by Crippen LogP contribution is -2.48. The van der Waals surface area contributed by atoms with Crippen molar-refractivity contribution in [2.24, 2.45) is 0 Å². The average Bonchev–Trinajstić information content (AvgIpc) is 2.39. The first kappa shape index (κ1) is 13.5. The summed E-state index contributed by atoms with van der Waals surface area (Å²) in [6, 6.07) is 9.45. The second-order valence-corrected chi connectivity index (χ2v) is 4.60. The van der Waals surface area contributed by atoms with E-state index in [1.54, 1.807) is 6.92 Å². The Morgan fingerprint density at radius 1 is 1.37 bits per heavy atom. The van der Waals surface area contributed by atoms with Crippen LogP contribution in [-0.2, 0) is 9.53 Å². The molecule has 0 aliphatic carbocycles. The highest BCUT2D eigenvalue weighted by Crippen LogP contribution is 2.22. The highest BCUT2D eigenvalue weighted by Gasteiger charge is 2.28. The van der Waals surface area contributed by atoms with Crippen molar-refractivity contribution in [3.05, 3.63) is 41.5 Å². The van der Waals surface area contributed by atoms with Crippen molar-refractivity contribution in [3.8, 4) is 0 Å². The Morgan fingerprint density at radius 3 is 2.68 bits per heavy atom. The molecule has 4 nitrogen and oxygen atoms in total. The number of rotatable bonds is 3. The molecule has 1 aromatic carbocycles. The Balaban J connectivity index is 2.49. The summed E-state index contributed by atoms with van der Waals surface area (Å²) in [5.41, 5.74) is 2.21. The zero-order chi connectivity index (χ0) is 13.8. The molecule has 2 rings (SSSR count). The van der Waals surface area contributed by atoms with E-state index < -0.39 is 0 Å². The standard InChI is InChI=1S/C14H16N2O2S/c1-3-18-13(17)11-9(2)15-14(19)16-12(11)10-7-5-4-6-8-10/h4-9H,3H2,1-2H3,(H2,15,16,19)/t9-/m0/s1. The fraction of sp³-hybridized carbons (Fsp3) is 0.286. The van der Waals surface area contributed by atoms with Gasteiger partial charge in [0.15, 0.2) is 5.11 Å². The fourth-order valence-electron chi connectivity index (χ4n) is 2.02. The Morgan fingerprint density at radius 2 is 2.05 bits per heavy atom. The van der Waals surface area contributed by atoms with Crippen molar-refractivity contribution >= 4 is 29.0 Å². The summed E-state index contributed by atoms with van der Waals surface area (Å²) < 4.78 is 5.12. The summed E-state index contributed by atoms with van der Waals surface area (Å²) in [5.74, 6) is -0.323. The first-order valence-electron chi connectivity index (χ1n) is 6.17. The molecule has 1 heterocycles. The third-order valence-corrected chi connectivity index (χ3v) is 3.07. The van der Waals surface area contributed by atoms with Crippen LogP contribution in [0.2, 0.25) is 0 Å². The third kappa shape index (κ3) is 2.93. The first-order valence-corrected chi connectivity index (χ1v) is 6.58. The number of thiocarbonyl (C=S) groups is 1. The van der Waals surface area contributed by atoms with Gasteiger partial charge in [0.1, 0.15) is 0 Å². The van der Waals surface area contributed by atoms with Gasteiger partial charge in [0.05, 0.1) is 23.9 Å². The predicted molar refractivity (Wildman–Crippen MR) is 78.3 cm³/mol. The molecule has 0 unspecified atom stereocenters. The van der Waals surface area contributed by atoms with E-state index in [4.69, 9.17) is 17.0 Å². The lowest BCUT2D eigenvalue weighted by Gasteiger charge is -2.28. The molecule has 1 aliphatic rings. The van der Waals surface area contributed by atoms with Crippen molar-refractivity contribution in [3.63, 3.8) is 0 Å². The van der Waals surface area contributed by atoms with Crippen LogP contribution >= 0.6 is 12.2 Å². The van der Waals surface area contributed by atoms with Gasteiger partial charge in [-0.2, -0.15) is 0 Å². The number of benzene rings is 1. The van der Waals surface area contributed by atoms with Gasteiger partial charge in [0.2, 0.25) is 0 Å². The molecule has 0 saturated heterocycles. The first-order chi connectivity index (χ1) is 9.13. The average molecular weight is 276 g/mol. The van der Waals surface area contributed by atoms with E-state index in [1.165, 1.54) is 0 Å². The van der Waals surface area contributed by atoms with Crippen molar-refractivity contribution < 1.29 is 9.53 Å². The maximum absolute atomic E-state index is 12.1. The molecule has 0 radical (unpaired) electrons. The molecular formula is C14H16N2O2S. The molecule has 0 aromatic heterocycles. The van der Waals surface area contributed by atoms with Gasteiger partial charge in [-0.25, -0.2) is 4.79 Å². The van der Waals surface area contributed by atoms with Gasteiger partial charge < -0.3 is 15.4 Å². The number of nitrogens with one attached hydrogen (secondary N) is 2. The molecule has 2 N–H and O–H groups in total. The molecule has 1 atom stereocenters. The van der Waals surface area contributed by atoms with Crippen LogP contribution in [0, 0.1) is 0 Å². The molecule has 1 aromatic rings. The minimum atomic E-state index is -0.323. The normalized spacial score (nSPS) is 18.6. The maximum atomic E-state index is 12.1. The Hall–Kier alpha value is -1.88. The van der Waals surface area contributed by atoms with E-state index in [-0.39, 0.29) is 12.0 Å². The molecule has 0 bridgehead atoms. The topological polar surface area (TPSA) is 50.4 Å². The molecule has 100 valence electrons. The highest BCUT2D eigenvalue weighted by molar-refractivity contribution is 7.80. The monoisotopic (exact) mass is 276 g/mol. The van der Waals surface area contributed by atoms with Crippen molar-refractivity contribution in [2.75, 3.05) is 6.61 Å². The van der Waals surface area contributed by atoms with Crippen LogP contribution in [0.25, 0.3) is 5.70 Å². The number of hydrogen-bond acceptors (Lipinski definition) is 3. The minimum Gasteiger partial charge on any atom is -0.463 e. The van der Waals surface area contributed by atoms with Gasteiger partial charge in [-0.1, -0.05) is 30.3 Å². The fourth-order valence-corrected chi connectivity index (χ4v) is 2.30. The molecule has 5 heteroatoms. The number of esters is 1. The van der Waals surface area contributed by atoms with Crippen molar-refractivity contribution in [2.45, 2.75) is 19.9 Å². The highest BCUT2D eigenvalue weighted by atomic mass is 32.1. The summed E-state index contributed by atoms with van der Waals surface area (Å²) in [6.07, 6.45) is 0. The van der Waals surface area contributed by atoms with Crippen molar-refractivity contribution in [1.29, 1.82) is 0 Å². The predicted octanol–water partition coefficient (Wildman–Crippen LogP) is 1.83. The van der Waals surface area contributed by atoms with Crippen LogP contribution in [0.1, 0.15) is 19.4 Å². The Bertz CT molecular complexity index is 526. The second kappa shape index (κ2) is 5.84. The summed E-state index contributed by atoms with van der Waals surface area (Å²) in [5, 5.41) is 6.59. The number of hydrogen-bond donors (Lipinski definition) is 2. The van der Waals surface area contributed by atoms with Crippen LogP contribution in [0.15, 0.2) is 35.9 Å². The number of ether oxygens (including phenoxy) is 1.